The van der Waals surface area contributed by atoms with E-state index in [1.807, 2.05) is 4.90 Å². The van der Waals surface area contributed by atoms with Crippen molar-refractivity contribution in [2.75, 3.05) is 13.2 Å². The zero-order valence-corrected chi connectivity index (χ0v) is 10.8. The molecule has 2 saturated heterocycles. The molecule has 4 atom stereocenters. The van der Waals surface area contributed by atoms with Gasteiger partial charge in [-0.25, -0.2) is 4.79 Å². The first-order valence-electron chi connectivity index (χ1n) is 6.97. The Morgan fingerprint density at radius 3 is 2.63 bits per heavy atom. The van der Waals surface area contributed by atoms with Crippen LogP contribution in [0.15, 0.2) is 0 Å². The largest absolute Gasteiger partial charge is 0.479 e. The molecule has 6 nitrogen and oxygen atoms in total. The summed E-state index contributed by atoms with van der Waals surface area (Å²) < 4.78 is 11.0. The van der Waals surface area contributed by atoms with Gasteiger partial charge in [-0.1, -0.05) is 0 Å². The highest BCUT2D eigenvalue weighted by Crippen LogP contribution is 2.31. The van der Waals surface area contributed by atoms with Crippen LogP contribution in [0.25, 0.3) is 0 Å². The van der Waals surface area contributed by atoms with E-state index in [-0.39, 0.29) is 18.1 Å². The fourth-order valence-electron chi connectivity index (χ4n) is 3.38. The number of rotatable bonds is 2. The Morgan fingerprint density at radius 2 is 1.89 bits per heavy atom. The van der Waals surface area contributed by atoms with Crippen molar-refractivity contribution < 1.29 is 24.2 Å². The number of aliphatic carboxylic acids is 1. The van der Waals surface area contributed by atoms with Crippen molar-refractivity contribution in [1.29, 1.82) is 0 Å². The van der Waals surface area contributed by atoms with Gasteiger partial charge in [0.1, 0.15) is 6.10 Å². The second-order valence-corrected chi connectivity index (χ2v) is 5.47. The average Bonchev–Trinajstić information content (AvgIpc) is 3.06. The van der Waals surface area contributed by atoms with E-state index in [1.165, 1.54) is 0 Å². The van der Waals surface area contributed by atoms with Gasteiger partial charge >= 0.3 is 5.97 Å². The highest BCUT2D eigenvalue weighted by Gasteiger charge is 2.43. The Bertz CT molecular complexity index is 385. The Kier molecular flexibility index (Phi) is 3.45. The third kappa shape index (κ3) is 2.34. The minimum Gasteiger partial charge on any atom is -0.479 e. The van der Waals surface area contributed by atoms with E-state index in [0.29, 0.717) is 26.0 Å². The summed E-state index contributed by atoms with van der Waals surface area (Å²) in [6.45, 7) is 1.17. The smallest absolute Gasteiger partial charge is 0.332 e. The Balaban J connectivity index is 1.65. The minimum atomic E-state index is -0.976. The van der Waals surface area contributed by atoms with Crippen LogP contribution in [0.2, 0.25) is 0 Å². The number of amides is 1. The maximum atomic E-state index is 12.5. The quantitative estimate of drug-likeness (QED) is 0.785. The van der Waals surface area contributed by atoms with Gasteiger partial charge < -0.3 is 19.5 Å². The highest BCUT2D eigenvalue weighted by molar-refractivity contribution is 5.83. The third-order valence-electron chi connectivity index (χ3n) is 4.34. The number of morpholine rings is 1. The van der Waals surface area contributed by atoms with Crippen molar-refractivity contribution in [3.8, 4) is 0 Å². The second-order valence-electron chi connectivity index (χ2n) is 5.47. The first-order chi connectivity index (χ1) is 9.16. The SMILES string of the molecule is O=C(O)[C@H]1CC[C@@H](C(=O)N2CCOC3CCCC32)O1. The van der Waals surface area contributed by atoms with Crippen molar-refractivity contribution in [3.63, 3.8) is 0 Å². The second kappa shape index (κ2) is 5.09. The van der Waals surface area contributed by atoms with Crippen molar-refractivity contribution in [1.82, 2.24) is 4.90 Å². The molecule has 0 aromatic rings. The molecule has 3 aliphatic rings. The number of carbonyl (C=O) groups is 2. The standard InChI is InChI=1S/C13H19NO5/c15-12(10-4-5-11(19-10)13(16)17)14-6-7-18-9-3-1-2-8(9)14/h8-11H,1-7H2,(H,16,17)/t8?,9?,10-,11+/m0/s1. The maximum absolute atomic E-state index is 12.5. The lowest BCUT2D eigenvalue weighted by atomic mass is 10.1. The molecule has 3 fully saturated rings. The molecular formula is C13H19NO5. The number of ether oxygens (including phenoxy) is 2. The number of nitrogens with zero attached hydrogens (tertiary/aromatic N) is 1. The molecule has 2 aliphatic heterocycles. The zero-order valence-electron chi connectivity index (χ0n) is 10.8. The summed E-state index contributed by atoms with van der Waals surface area (Å²) >= 11 is 0. The molecule has 0 radical (unpaired) electrons. The van der Waals surface area contributed by atoms with Crippen molar-refractivity contribution >= 4 is 11.9 Å². The van der Waals surface area contributed by atoms with Gasteiger partial charge in [0.25, 0.3) is 5.91 Å². The van der Waals surface area contributed by atoms with Gasteiger partial charge in [0.05, 0.1) is 18.8 Å². The van der Waals surface area contributed by atoms with Crippen LogP contribution in [0, 0.1) is 0 Å². The van der Waals surface area contributed by atoms with E-state index in [9.17, 15) is 9.59 Å². The lowest BCUT2D eigenvalue weighted by molar-refractivity contribution is -0.161. The normalized spacial score (nSPS) is 38.2. The Morgan fingerprint density at radius 1 is 1.11 bits per heavy atom. The first-order valence-corrected chi connectivity index (χ1v) is 6.97. The van der Waals surface area contributed by atoms with Crippen LogP contribution in [-0.2, 0) is 19.1 Å². The summed E-state index contributed by atoms with van der Waals surface area (Å²) in [4.78, 5) is 25.2. The van der Waals surface area contributed by atoms with Crippen LogP contribution in [0.1, 0.15) is 32.1 Å². The molecule has 1 N–H and O–H groups in total. The molecule has 0 aromatic carbocycles. The number of hydrogen-bond donors (Lipinski definition) is 1. The number of hydrogen-bond acceptors (Lipinski definition) is 4. The van der Waals surface area contributed by atoms with Crippen LogP contribution in [0.4, 0.5) is 0 Å². The Labute approximate surface area is 111 Å². The predicted octanol–water partition coefficient (Wildman–Crippen LogP) is 0.398. The van der Waals surface area contributed by atoms with Gasteiger partial charge in [-0.15, -0.1) is 0 Å². The molecule has 106 valence electrons. The lowest BCUT2D eigenvalue weighted by Gasteiger charge is -2.38. The van der Waals surface area contributed by atoms with Crippen LogP contribution >= 0.6 is 0 Å². The van der Waals surface area contributed by atoms with Gasteiger partial charge in [-0.3, -0.25) is 4.79 Å². The van der Waals surface area contributed by atoms with Crippen LogP contribution in [0.5, 0.6) is 0 Å². The molecule has 0 bridgehead atoms. The van der Waals surface area contributed by atoms with Gasteiger partial charge in [-0.05, 0) is 32.1 Å². The van der Waals surface area contributed by atoms with Gasteiger partial charge in [0, 0.05) is 6.54 Å². The molecule has 1 amide bonds. The van der Waals surface area contributed by atoms with E-state index in [2.05, 4.69) is 0 Å². The van der Waals surface area contributed by atoms with Crippen molar-refractivity contribution in [2.45, 2.75) is 56.5 Å². The summed E-state index contributed by atoms with van der Waals surface area (Å²) in [7, 11) is 0. The molecule has 3 rings (SSSR count). The summed E-state index contributed by atoms with van der Waals surface area (Å²) in [6, 6.07) is 0.161. The molecule has 2 heterocycles. The molecule has 1 aliphatic carbocycles. The summed E-state index contributed by atoms with van der Waals surface area (Å²) in [5.41, 5.74) is 0. The average molecular weight is 269 g/mol. The summed E-state index contributed by atoms with van der Waals surface area (Å²) in [5.74, 6) is -1.03. The maximum Gasteiger partial charge on any atom is 0.332 e. The molecule has 2 unspecified atom stereocenters. The topological polar surface area (TPSA) is 76.1 Å². The van der Waals surface area contributed by atoms with E-state index >= 15 is 0 Å². The minimum absolute atomic E-state index is 0.0519. The van der Waals surface area contributed by atoms with E-state index < -0.39 is 18.2 Å². The fourth-order valence-corrected chi connectivity index (χ4v) is 3.38. The van der Waals surface area contributed by atoms with Crippen molar-refractivity contribution in [2.24, 2.45) is 0 Å². The monoisotopic (exact) mass is 269 g/mol. The molecule has 19 heavy (non-hydrogen) atoms. The Hall–Kier alpha value is -1.14. The molecule has 0 spiro atoms. The first kappa shape index (κ1) is 12.9. The van der Waals surface area contributed by atoms with Gasteiger partial charge in [0.15, 0.2) is 6.10 Å². The molecule has 1 saturated carbocycles. The fraction of sp³-hybridized carbons (Fsp3) is 0.846. The molecular weight excluding hydrogens is 250 g/mol. The summed E-state index contributed by atoms with van der Waals surface area (Å²) in [5, 5.41) is 8.90. The summed E-state index contributed by atoms with van der Waals surface area (Å²) in [6.07, 6.45) is 2.75. The number of carboxylic acid groups (broad SMARTS) is 1. The van der Waals surface area contributed by atoms with Crippen LogP contribution < -0.4 is 0 Å². The van der Waals surface area contributed by atoms with Gasteiger partial charge in [-0.2, -0.15) is 0 Å². The van der Waals surface area contributed by atoms with E-state index in [1.54, 1.807) is 0 Å². The number of carbonyl (C=O) groups excluding carboxylic acids is 1. The zero-order chi connectivity index (χ0) is 13.4. The molecule has 6 heteroatoms. The lowest BCUT2D eigenvalue weighted by Crippen LogP contribution is -2.54. The van der Waals surface area contributed by atoms with E-state index in [0.717, 1.165) is 19.3 Å². The van der Waals surface area contributed by atoms with Crippen molar-refractivity contribution in [3.05, 3.63) is 0 Å². The van der Waals surface area contributed by atoms with Crippen LogP contribution in [0.3, 0.4) is 0 Å². The highest BCUT2D eigenvalue weighted by atomic mass is 16.5. The molecule has 0 aromatic heterocycles. The number of carboxylic acids is 1. The van der Waals surface area contributed by atoms with Gasteiger partial charge in [0.2, 0.25) is 0 Å². The number of fused-ring (bicyclic) bond motifs is 1. The van der Waals surface area contributed by atoms with Crippen LogP contribution in [-0.4, -0.2) is 59.4 Å². The van der Waals surface area contributed by atoms with E-state index in [4.69, 9.17) is 14.6 Å². The third-order valence-corrected chi connectivity index (χ3v) is 4.34. The predicted molar refractivity (Wildman–Crippen MR) is 64.6 cm³/mol.